The van der Waals surface area contributed by atoms with E-state index in [1.165, 1.54) is 51.4 Å². The predicted octanol–water partition coefficient (Wildman–Crippen LogP) is 11.9. The minimum Gasteiger partial charge on any atom is -0.494 e. The summed E-state index contributed by atoms with van der Waals surface area (Å²) in [5.74, 6) is -0.743. The molecule has 0 spiro atoms. The van der Waals surface area contributed by atoms with Crippen molar-refractivity contribution in [3.05, 3.63) is 94.4 Å². The molecule has 454 valence electrons. The van der Waals surface area contributed by atoms with E-state index in [9.17, 15) is 29.1 Å². The van der Waals surface area contributed by atoms with Crippen molar-refractivity contribution in [1.29, 1.82) is 0 Å². The summed E-state index contributed by atoms with van der Waals surface area (Å²) in [6.07, 6.45) is 22.1. The van der Waals surface area contributed by atoms with Gasteiger partial charge < -0.3 is 29.7 Å². The number of nitrogens with one attached hydrogen (secondary N) is 2. The minimum absolute atomic E-state index is 0.00791. The minimum atomic E-state index is -1.09. The molecule has 5 fully saturated rings. The van der Waals surface area contributed by atoms with E-state index in [-0.39, 0.29) is 51.5 Å². The van der Waals surface area contributed by atoms with Crippen molar-refractivity contribution in [3.8, 4) is 16.9 Å². The Balaban J connectivity index is 0.573. The van der Waals surface area contributed by atoms with Crippen molar-refractivity contribution < 1.29 is 38.6 Å². The zero-order valence-electron chi connectivity index (χ0n) is 50.5. The number of imide groups is 2. The molecule has 4 aromatic heterocycles. The molecule has 7 aliphatic rings. The van der Waals surface area contributed by atoms with Crippen LogP contribution >= 0.6 is 11.3 Å². The lowest BCUT2D eigenvalue weighted by Crippen LogP contribution is -2.64. The molecule has 3 unspecified atom stereocenters. The first-order valence-electron chi connectivity index (χ1n) is 31.2. The number of aromatic carboxylic acids is 1. The maximum atomic E-state index is 13.2. The number of para-hydroxylation sites is 1. The van der Waals surface area contributed by atoms with E-state index in [0.717, 1.165) is 133 Å². The van der Waals surface area contributed by atoms with Gasteiger partial charge in [-0.1, -0.05) is 88.7 Å². The number of rotatable bonds is 26. The van der Waals surface area contributed by atoms with Gasteiger partial charge in [0, 0.05) is 54.0 Å². The average Bonchev–Trinajstić information content (AvgIpc) is 0.936. The van der Waals surface area contributed by atoms with Crippen molar-refractivity contribution >= 4 is 73.7 Å². The fourth-order valence-electron chi connectivity index (χ4n) is 16.4. The monoisotopic (exact) mass is 1190 g/mol. The van der Waals surface area contributed by atoms with Crippen LogP contribution in [0, 0.1) is 30.1 Å². The van der Waals surface area contributed by atoms with Gasteiger partial charge in [0.05, 0.1) is 46.4 Å². The number of carboxylic acids is 1. The number of carbonyl (C=O) groups is 5. The van der Waals surface area contributed by atoms with Crippen LogP contribution in [0.5, 0.6) is 5.75 Å². The van der Waals surface area contributed by atoms with Gasteiger partial charge in [-0.2, -0.15) is 5.10 Å². The summed E-state index contributed by atoms with van der Waals surface area (Å²) >= 11 is 1.57. The number of fused-ring (bicyclic) bond motifs is 3. The first kappa shape index (κ1) is 59.2. The highest BCUT2D eigenvalue weighted by molar-refractivity contribution is 7.22. The van der Waals surface area contributed by atoms with Crippen LogP contribution in [0.15, 0.2) is 60.8 Å². The number of anilines is 4. The van der Waals surface area contributed by atoms with Crippen LogP contribution in [-0.2, 0) is 27.3 Å². The van der Waals surface area contributed by atoms with Gasteiger partial charge in [-0.15, -0.1) is 10.2 Å². The number of pyridine rings is 1. The van der Waals surface area contributed by atoms with Crippen molar-refractivity contribution in [2.45, 2.75) is 174 Å². The first-order chi connectivity index (χ1) is 41.4. The van der Waals surface area contributed by atoms with Gasteiger partial charge in [0.2, 0.25) is 11.8 Å². The number of hydrogen-bond acceptors (Lipinski definition) is 16. The van der Waals surface area contributed by atoms with E-state index in [1.54, 1.807) is 29.5 Å². The molecule has 6 aromatic rings. The topological polar surface area (TPSA) is 227 Å². The quantitative estimate of drug-likeness (QED) is 0.0339. The fraction of sp³-hybridized carbons (Fsp3) is 0.545. The third kappa shape index (κ3) is 12.1. The summed E-state index contributed by atoms with van der Waals surface area (Å²) in [7, 11) is 2.23. The Kier molecular flexibility index (Phi) is 16.6. The molecule has 13 rings (SSSR count). The van der Waals surface area contributed by atoms with Gasteiger partial charge >= 0.3 is 5.97 Å². The Morgan fingerprint density at radius 3 is 2.26 bits per heavy atom. The zero-order chi connectivity index (χ0) is 60.0. The predicted molar refractivity (Wildman–Crippen MR) is 329 cm³/mol. The Hall–Kier alpha value is -7.16. The van der Waals surface area contributed by atoms with Gasteiger partial charge in [0.15, 0.2) is 22.5 Å². The van der Waals surface area contributed by atoms with Crippen LogP contribution in [-0.4, -0.2) is 126 Å². The SMILES string of the molecule is Cc1c(Nc2nc3ccccc3s2)nnc2c1CCCN2c1ccc(-c2cnn(CC34CC5(C)CC(C)(C3)CC(OCCN(C)CCCCCCCCCCCCOc3ccc6c(c3)C(=O)N(C3CCC(=O)NC3=O)C6=O)(C5)C4)c2C)c(C(=O)O)n1. The summed E-state index contributed by atoms with van der Waals surface area (Å²) in [5.41, 5.74) is 5.95. The zero-order valence-corrected chi connectivity index (χ0v) is 51.3. The van der Waals surface area contributed by atoms with E-state index in [4.69, 9.17) is 29.6 Å². The molecular formula is C66H81N11O8S. The lowest BCUT2D eigenvalue weighted by Gasteiger charge is -2.69. The molecule has 4 saturated carbocycles. The number of benzene rings is 2. The normalized spacial score (nSPS) is 24.0. The Bertz CT molecular complexity index is 3550. The second kappa shape index (κ2) is 24.2. The van der Waals surface area contributed by atoms with Crippen LogP contribution in [0.25, 0.3) is 21.3 Å². The largest absolute Gasteiger partial charge is 0.494 e. The Morgan fingerprint density at radius 1 is 0.791 bits per heavy atom. The molecule has 19 nitrogen and oxygen atoms in total. The molecule has 86 heavy (non-hydrogen) atoms. The molecule has 2 aromatic carbocycles. The van der Waals surface area contributed by atoms with E-state index in [0.29, 0.717) is 41.9 Å². The molecule has 1 saturated heterocycles. The highest BCUT2D eigenvalue weighted by Gasteiger charge is 2.66. The number of thiazole rings is 1. The maximum Gasteiger partial charge on any atom is 0.355 e. The van der Waals surface area contributed by atoms with E-state index in [2.05, 4.69) is 59.2 Å². The lowest BCUT2D eigenvalue weighted by molar-refractivity contribution is -0.248. The van der Waals surface area contributed by atoms with Crippen molar-refractivity contribution in [1.82, 2.24) is 45.1 Å². The second-order valence-corrected chi connectivity index (χ2v) is 27.6. The molecular weight excluding hydrogens is 1110 g/mol. The summed E-state index contributed by atoms with van der Waals surface area (Å²) in [6, 6.07) is 15.7. The molecule has 7 heterocycles. The number of ether oxygens (including phenoxy) is 2. The van der Waals surface area contributed by atoms with Gasteiger partial charge in [-0.05, 0) is 157 Å². The van der Waals surface area contributed by atoms with Crippen molar-refractivity contribution in [2.75, 3.05) is 50.1 Å². The van der Waals surface area contributed by atoms with E-state index in [1.807, 2.05) is 48.4 Å². The maximum absolute atomic E-state index is 13.2. The molecule has 20 heteroatoms. The number of amides is 4. The van der Waals surface area contributed by atoms with Crippen LogP contribution in [0.2, 0.25) is 0 Å². The first-order valence-corrected chi connectivity index (χ1v) is 32.1. The molecule has 4 aliphatic carbocycles. The summed E-state index contributed by atoms with van der Waals surface area (Å²) in [6.45, 7) is 13.7. The number of piperidine rings is 1. The lowest BCUT2D eigenvalue weighted by atomic mass is 9.39. The van der Waals surface area contributed by atoms with Gasteiger partial charge in [-0.3, -0.25) is 34.1 Å². The molecule has 0 radical (unpaired) electrons. The molecule has 3 atom stereocenters. The molecule has 4 amide bonds. The van der Waals surface area contributed by atoms with Gasteiger partial charge in [-0.25, -0.2) is 14.8 Å². The Labute approximate surface area is 507 Å². The fourth-order valence-corrected chi connectivity index (χ4v) is 17.3. The number of nitrogens with zero attached hydrogens (tertiary/aromatic N) is 9. The number of carbonyl (C=O) groups excluding carboxylic acids is 4. The summed E-state index contributed by atoms with van der Waals surface area (Å²) in [5, 5.41) is 31.4. The molecule has 3 aliphatic heterocycles. The third-order valence-electron chi connectivity index (χ3n) is 19.3. The summed E-state index contributed by atoms with van der Waals surface area (Å²) in [4.78, 5) is 78.2. The smallest absolute Gasteiger partial charge is 0.355 e. The van der Waals surface area contributed by atoms with Gasteiger partial charge in [0.1, 0.15) is 17.6 Å². The Morgan fingerprint density at radius 2 is 1.51 bits per heavy atom. The van der Waals surface area contributed by atoms with Crippen molar-refractivity contribution in [3.63, 3.8) is 0 Å². The number of carboxylic acid groups (broad SMARTS) is 1. The van der Waals surface area contributed by atoms with Crippen molar-refractivity contribution in [2.24, 2.45) is 16.2 Å². The third-order valence-corrected chi connectivity index (χ3v) is 20.2. The highest BCUT2D eigenvalue weighted by Crippen LogP contribution is 2.72. The van der Waals surface area contributed by atoms with Crippen LogP contribution in [0.4, 0.5) is 22.6 Å². The summed E-state index contributed by atoms with van der Waals surface area (Å²) < 4.78 is 16.3. The van der Waals surface area contributed by atoms with Gasteiger partial charge in [0.25, 0.3) is 11.8 Å². The number of unbranched alkanes of at least 4 members (excludes halogenated alkanes) is 9. The number of hydrogen-bond donors (Lipinski definition) is 3. The number of likely N-dealkylation sites (N-methyl/N-ethyl adjacent to an activating group) is 1. The number of aromatic nitrogens is 6. The molecule has 4 bridgehead atoms. The van der Waals surface area contributed by atoms with E-state index < -0.39 is 35.6 Å². The average molecular weight is 1190 g/mol. The van der Waals surface area contributed by atoms with E-state index >= 15 is 0 Å². The second-order valence-electron chi connectivity index (χ2n) is 26.6. The highest BCUT2D eigenvalue weighted by atomic mass is 32.1. The van der Waals surface area contributed by atoms with Crippen LogP contribution < -0.4 is 20.3 Å². The standard InChI is InChI=1S/C66H81N11O8S/c1-42-45-19-18-29-75(57(45)73-72-56(42)71-62-68-50-20-14-15-21-52(50)86-62)53-26-24-46(55(69-53)61(82)83)49-34-67-76(43(49)2)41-65-36-63(3)35-64(4,37-65)39-66(38-63,40-65)85-32-30-74(5)28-16-12-10-8-6-7-9-11-13-17-31-84-44-22-23-47-48(33-44)60(81)77(59(47)80)51-25-27-54(78)70-58(51)79/h14-15,20-24,26,33-34,51H,6-13,16-19,25,27-32,35-41H2,1-5H3,(H,82,83)(H,68,71,72)(H,70,78,79). The molecule has 3 N–H and O–H groups in total. The van der Waals surface area contributed by atoms with Crippen LogP contribution in [0.3, 0.4) is 0 Å². The van der Waals surface area contributed by atoms with Crippen LogP contribution in [0.1, 0.15) is 184 Å².